The van der Waals surface area contributed by atoms with Crippen molar-refractivity contribution in [2.45, 2.75) is 32.6 Å². The first kappa shape index (κ1) is 13.2. The van der Waals surface area contributed by atoms with Crippen LogP contribution in [0.2, 0.25) is 0 Å². The number of aryl methyl sites for hydroxylation is 1. The van der Waals surface area contributed by atoms with E-state index in [0.29, 0.717) is 0 Å². The van der Waals surface area contributed by atoms with E-state index in [2.05, 4.69) is 48.9 Å². The minimum absolute atomic E-state index is 0.222. The lowest BCUT2D eigenvalue weighted by Crippen LogP contribution is -1.83. The van der Waals surface area contributed by atoms with Gasteiger partial charge in [0.05, 0.1) is 0 Å². The Labute approximate surface area is 91.1 Å². The van der Waals surface area contributed by atoms with Gasteiger partial charge in [-0.1, -0.05) is 50.1 Å². The van der Waals surface area contributed by atoms with Crippen molar-refractivity contribution in [2.24, 2.45) is 0 Å². The van der Waals surface area contributed by atoms with E-state index in [0.717, 1.165) is 0 Å². The number of carbonyl (C=O) groups is 1. The zero-order valence-electron chi connectivity index (χ0n) is 8.58. The molecule has 1 aromatic rings. The van der Waals surface area contributed by atoms with Crippen LogP contribution >= 0.6 is 11.6 Å². The largest absolute Gasteiger partial charge is 0.285 e. The summed E-state index contributed by atoms with van der Waals surface area (Å²) in [5, 5.41) is 0. The zero-order valence-corrected chi connectivity index (χ0v) is 9.33. The maximum atomic E-state index is 8.57. The predicted molar refractivity (Wildman–Crippen MR) is 62.3 cm³/mol. The van der Waals surface area contributed by atoms with Crippen molar-refractivity contribution in [2.75, 3.05) is 0 Å². The summed E-state index contributed by atoms with van der Waals surface area (Å²) in [4.78, 5) is 8.57. The molecule has 78 valence electrons. The molecule has 0 amide bonds. The second-order valence-corrected chi connectivity index (χ2v) is 3.21. The molecule has 1 rings (SSSR count). The molecule has 0 fully saturated rings. The van der Waals surface area contributed by atoms with Crippen molar-refractivity contribution < 1.29 is 4.79 Å². The minimum atomic E-state index is 0.222. The van der Waals surface area contributed by atoms with Gasteiger partial charge >= 0.3 is 0 Å². The number of rotatable bonds is 4. The summed E-state index contributed by atoms with van der Waals surface area (Å²) < 4.78 is 0. The van der Waals surface area contributed by atoms with Crippen LogP contribution in [0, 0.1) is 0 Å². The second-order valence-electron chi connectivity index (χ2n) is 3.03. The number of unbranched alkanes of at least 4 members (excludes halogenated alkanes) is 2. The molecule has 0 saturated carbocycles. The first-order valence-electron chi connectivity index (χ1n) is 4.93. The molecule has 0 atom stereocenters. The molecule has 1 nitrogen and oxygen atoms in total. The van der Waals surface area contributed by atoms with Crippen molar-refractivity contribution in [3.05, 3.63) is 35.9 Å². The number of benzene rings is 1. The maximum Gasteiger partial charge on any atom is 0.208 e. The Balaban J connectivity index is 0.000000500. The molecule has 0 saturated heterocycles. The average molecular weight is 213 g/mol. The fourth-order valence-corrected chi connectivity index (χ4v) is 1.22. The Hall–Kier alpha value is -0.820. The summed E-state index contributed by atoms with van der Waals surface area (Å²) in [5.74, 6) is 0.222. The SMILES string of the molecule is CCCCCc1ccccc1.O=CCl. The van der Waals surface area contributed by atoms with E-state index in [1.165, 1.54) is 31.2 Å². The molecule has 0 aliphatic heterocycles. The summed E-state index contributed by atoms with van der Waals surface area (Å²) in [6.07, 6.45) is 5.25. The van der Waals surface area contributed by atoms with Gasteiger partial charge in [0.25, 0.3) is 0 Å². The summed E-state index contributed by atoms with van der Waals surface area (Å²) in [6, 6.07) is 10.7. The normalized spacial score (nSPS) is 8.71. The van der Waals surface area contributed by atoms with Crippen molar-refractivity contribution >= 4 is 17.3 Å². The van der Waals surface area contributed by atoms with Gasteiger partial charge in [0.1, 0.15) is 0 Å². The lowest BCUT2D eigenvalue weighted by Gasteiger charge is -1.98. The van der Waals surface area contributed by atoms with Crippen molar-refractivity contribution in [1.82, 2.24) is 0 Å². The van der Waals surface area contributed by atoms with Crippen LogP contribution in [0.3, 0.4) is 0 Å². The van der Waals surface area contributed by atoms with Crippen LogP contribution in [-0.2, 0) is 11.2 Å². The van der Waals surface area contributed by atoms with Crippen LogP contribution in [0.15, 0.2) is 30.3 Å². The molecule has 14 heavy (non-hydrogen) atoms. The second kappa shape index (κ2) is 10.3. The Morgan fingerprint density at radius 2 is 1.79 bits per heavy atom. The molecule has 0 unspecified atom stereocenters. The van der Waals surface area contributed by atoms with Crippen LogP contribution in [0.25, 0.3) is 0 Å². The summed E-state index contributed by atoms with van der Waals surface area (Å²) in [6.45, 7) is 2.24. The predicted octanol–water partition coefficient (Wildman–Crippen LogP) is 3.83. The number of hydrogen-bond acceptors (Lipinski definition) is 1. The number of halogens is 1. The van der Waals surface area contributed by atoms with Crippen molar-refractivity contribution in [1.29, 1.82) is 0 Å². The van der Waals surface area contributed by atoms with Crippen molar-refractivity contribution in [3.8, 4) is 0 Å². The highest BCUT2D eigenvalue weighted by Gasteiger charge is 1.89. The van der Waals surface area contributed by atoms with Crippen LogP contribution in [0.4, 0.5) is 0 Å². The van der Waals surface area contributed by atoms with E-state index in [9.17, 15) is 0 Å². The third-order valence-corrected chi connectivity index (χ3v) is 1.91. The summed E-state index contributed by atoms with van der Waals surface area (Å²) in [5.41, 5.74) is 1.47. The number of hydrogen-bond donors (Lipinski definition) is 0. The quantitative estimate of drug-likeness (QED) is 0.421. The van der Waals surface area contributed by atoms with E-state index < -0.39 is 0 Å². The Kier molecular flexibility index (Phi) is 9.66. The highest BCUT2D eigenvalue weighted by molar-refractivity contribution is 6.54. The molecule has 0 radical (unpaired) electrons. The fraction of sp³-hybridized carbons (Fsp3) is 0.417. The highest BCUT2D eigenvalue weighted by Crippen LogP contribution is 2.05. The van der Waals surface area contributed by atoms with E-state index in [4.69, 9.17) is 4.79 Å². The molecule has 1 aromatic carbocycles. The molecule has 0 bridgehead atoms. The molecule has 0 aliphatic rings. The first-order chi connectivity index (χ1) is 6.85. The molecule has 2 heteroatoms. The Bertz CT molecular complexity index is 221. The van der Waals surface area contributed by atoms with E-state index in [1.54, 1.807) is 0 Å². The first-order valence-corrected chi connectivity index (χ1v) is 5.36. The monoisotopic (exact) mass is 212 g/mol. The third-order valence-electron chi connectivity index (χ3n) is 1.91. The van der Waals surface area contributed by atoms with Gasteiger partial charge in [-0.2, -0.15) is 0 Å². The molecule has 0 aromatic heterocycles. The fourth-order valence-electron chi connectivity index (χ4n) is 1.22. The summed E-state index contributed by atoms with van der Waals surface area (Å²) in [7, 11) is 0. The third kappa shape index (κ3) is 7.81. The molecular weight excluding hydrogens is 196 g/mol. The lowest BCUT2D eigenvalue weighted by atomic mass is 10.1. The Morgan fingerprint density at radius 1 is 1.21 bits per heavy atom. The molecule has 0 aliphatic carbocycles. The molecular formula is C12H17ClO. The molecule has 0 spiro atoms. The van der Waals surface area contributed by atoms with Gasteiger partial charge in [-0.15, -0.1) is 0 Å². The average Bonchev–Trinajstić information content (AvgIpc) is 2.21. The lowest BCUT2D eigenvalue weighted by molar-refractivity contribution is 0.569. The highest BCUT2D eigenvalue weighted by atomic mass is 35.5. The van der Waals surface area contributed by atoms with Gasteiger partial charge in [0.2, 0.25) is 5.75 Å². The van der Waals surface area contributed by atoms with Crippen LogP contribution in [0.1, 0.15) is 31.7 Å². The van der Waals surface area contributed by atoms with Gasteiger partial charge in [0, 0.05) is 0 Å². The van der Waals surface area contributed by atoms with Crippen LogP contribution in [-0.4, -0.2) is 5.75 Å². The summed E-state index contributed by atoms with van der Waals surface area (Å²) >= 11 is 4.32. The van der Waals surface area contributed by atoms with Crippen LogP contribution in [0.5, 0.6) is 0 Å². The van der Waals surface area contributed by atoms with Crippen molar-refractivity contribution in [3.63, 3.8) is 0 Å². The minimum Gasteiger partial charge on any atom is -0.285 e. The molecule has 0 heterocycles. The molecule has 0 N–H and O–H groups in total. The topological polar surface area (TPSA) is 17.1 Å². The van der Waals surface area contributed by atoms with Gasteiger partial charge in [-0.25, -0.2) is 0 Å². The van der Waals surface area contributed by atoms with Gasteiger partial charge in [0.15, 0.2) is 0 Å². The zero-order chi connectivity index (χ0) is 10.6. The maximum absolute atomic E-state index is 8.57. The smallest absolute Gasteiger partial charge is 0.208 e. The number of carbonyl (C=O) groups excluding carboxylic acids is 1. The van der Waals surface area contributed by atoms with Crippen LogP contribution < -0.4 is 0 Å². The standard InChI is InChI=1S/C11H16.CHClO/c1-2-3-5-8-11-9-6-4-7-10-11;2-1-3/h4,6-7,9-10H,2-3,5,8H2,1H3;1H. The Morgan fingerprint density at radius 3 is 2.29 bits per heavy atom. The van der Waals surface area contributed by atoms with Gasteiger partial charge in [-0.3, -0.25) is 4.79 Å². The van der Waals surface area contributed by atoms with E-state index in [-0.39, 0.29) is 5.75 Å². The van der Waals surface area contributed by atoms with E-state index in [1.807, 2.05) is 0 Å². The van der Waals surface area contributed by atoms with E-state index >= 15 is 0 Å². The van der Waals surface area contributed by atoms with Gasteiger partial charge in [-0.05, 0) is 30.0 Å². The van der Waals surface area contributed by atoms with Gasteiger partial charge < -0.3 is 0 Å².